The molecule has 1 aliphatic rings. The van der Waals surface area contributed by atoms with E-state index in [2.05, 4.69) is 41.6 Å². The highest BCUT2D eigenvalue weighted by molar-refractivity contribution is 7.19. The fourth-order valence-corrected chi connectivity index (χ4v) is 4.20. The highest BCUT2D eigenvalue weighted by Crippen LogP contribution is 2.38. The van der Waals surface area contributed by atoms with Gasteiger partial charge in [-0.25, -0.2) is 0 Å². The molecule has 1 aliphatic heterocycles. The summed E-state index contributed by atoms with van der Waals surface area (Å²) in [6.07, 6.45) is 3.92. The van der Waals surface area contributed by atoms with Crippen molar-refractivity contribution in [3.8, 4) is 10.4 Å². The Kier molecular flexibility index (Phi) is 5.38. The quantitative estimate of drug-likeness (QED) is 0.797. The molecule has 3 rings (SSSR count). The Morgan fingerprint density at radius 2 is 1.83 bits per heavy atom. The summed E-state index contributed by atoms with van der Waals surface area (Å²) in [5, 5.41) is 4.50. The van der Waals surface area contributed by atoms with E-state index in [-0.39, 0.29) is 0 Å². The Balaban J connectivity index is 1.75. The van der Waals surface area contributed by atoms with Gasteiger partial charge in [0.15, 0.2) is 0 Å². The molecule has 1 aromatic carbocycles. The van der Waals surface area contributed by atoms with E-state index in [0.717, 1.165) is 35.9 Å². The number of likely N-dealkylation sites (tertiary alicyclic amines) is 1. The molecule has 0 amide bonds. The van der Waals surface area contributed by atoms with E-state index in [1.165, 1.54) is 29.7 Å². The molecule has 4 heteroatoms. The van der Waals surface area contributed by atoms with Gasteiger partial charge in [0.05, 0.1) is 0 Å². The van der Waals surface area contributed by atoms with Gasteiger partial charge in [-0.1, -0.05) is 49.9 Å². The van der Waals surface area contributed by atoms with Crippen LogP contribution in [-0.2, 0) is 0 Å². The standard InChI is InChI=1S/C20H25N3S/c1-15(14-23-11-7-4-8-12-23)22-20-18(16(2)21)13-19(24-20)17-9-5-3-6-10-17/h3,5-6,9-10,13,22H,1-2,4,7-8,11-12,14,21H2. The van der Waals surface area contributed by atoms with Gasteiger partial charge in [-0.05, 0) is 37.6 Å². The lowest BCUT2D eigenvalue weighted by Gasteiger charge is -2.27. The number of thiophene rings is 1. The zero-order valence-corrected chi connectivity index (χ0v) is 14.9. The molecule has 0 spiro atoms. The molecule has 0 aliphatic carbocycles. The fraction of sp³-hybridized carbons (Fsp3) is 0.300. The molecule has 0 unspecified atom stereocenters. The predicted octanol–water partition coefficient (Wildman–Crippen LogP) is 4.76. The van der Waals surface area contributed by atoms with Gasteiger partial charge in [0.1, 0.15) is 5.00 Å². The number of nitrogens with one attached hydrogen (secondary N) is 1. The Morgan fingerprint density at radius 1 is 1.12 bits per heavy atom. The van der Waals surface area contributed by atoms with Gasteiger partial charge < -0.3 is 11.1 Å². The molecule has 0 saturated carbocycles. The van der Waals surface area contributed by atoms with E-state index in [0.29, 0.717) is 5.70 Å². The van der Waals surface area contributed by atoms with Crippen molar-refractivity contribution in [2.75, 3.05) is 25.0 Å². The van der Waals surface area contributed by atoms with Crippen molar-refractivity contribution in [3.05, 3.63) is 60.8 Å². The number of piperidine rings is 1. The lowest BCUT2D eigenvalue weighted by Crippen LogP contribution is -2.32. The Hall–Kier alpha value is -2.04. The maximum absolute atomic E-state index is 6.00. The number of rotatable bonds is 6. The minimum atomic E-state index is 0.585. The van der Waals surface area contributed by atoms with Gasteiger partial charge in [-0.15, -0.1) is 11.3 Å². The van der Waals surface area contributed by atoms with Crippen LogP contribution in [0.3, 0.4) is 0 Å². The van der Waals surface area contributed by atoms with Crippen molar-refractivity contribution in [1.82, 2.24) is 4.90 Å². The molecular formula is C20H25N3S. The highest BCUT2D eigenvalue weighted by Gasteiger charge is 2.15. The first kappa shape index (κ1) is 16.8. The normalized spacial score (nSPS) is 15.2. The lowest BCUT2D eigenvalue weighted by atomic mass is 10.1. The number of hydrogen-bond donors (Lipinski definition) is 2. The Labute approximate surface area is 148 Å². The van der Waals surface area contributed by atoms with Gasteiger partial charge >= 0.3 is 0 Å². The van der Waals surface area contributed by atoms with E-state index >= 15 is 0 Å². The van der Waals surface area contributed by atoms with Gasteiger partial charge in [0, 0.05) is 28.4 Å². The smallest absolute Gasteiger partial charge is 0.102 e. The maximum Gasteiger partial charge on any atom is 0.102 e. The zero-order chi connectivity index (χ0) is 16.9. The fourth-order valence-electron chi connectivity index (χ4n) is 3.05. The molecule has 3 nitrogen and oxygen atoms in total. The van der Waals surface area contributed by atoms with Gasteiger partial charge in [-0.2, -0.15) is 0 Å². The second-order valence-corrected chi connectivity index (χ2v) is 7.36. The number of hydrogen-bond acceptors (Lipinski definition) is 4. The molecule has 2 aromatic rings. The first-order valence-electron chi connectivity index (χ1n) is 8.44. The van der Waals surface area contributed by atoms with Crippen LogP contribution in [0, 0.1) is 0 Å². The summed E-state index contributed by atoms with van der Waals surface area (Å²) in [5.41, 5.74) is 9.76. The number of benzene rings is 1. The van der Waals surface area contributed by atoms with Gasteiger partial charge in [0.2, 0.25) is 0 Å². The van der Waals surface area contributed by atoms with Crippen molar-refractivity contribution < 1.29 is 0 Å². The summed E-state index contributed by atoms with van der Waals surface area (Å²) < 4.78 is 0. The second-order valence-electron chi connectivity index (χ2n) is 6.31. The van der Waals surface area contributed by atoms with Crippen LogP contribution in [0.1, 0.15) is 24.8 Å². The number of nitrogens with zero attached hydrogens (tertiary/aromatic N) is 1. The summed E-state index contributed by atoms with van der Waals surface area (Å²) in [6, 6.07) is 12.5. The van der Waals surface area contributed by atoms with E-state index in [4.69, 9.17) is 5.73 Å². The summed E-state index contributed by atoms with van der Waals surface area (Å²) in [5.74, 6) is 0. The van der Waals surface area contributed by atoms with Crippen LogP contribution in [0.2, 0.25) is 0 Å². The van der Waals surface area contributed by atoms with E-state index in [1.807, 2.05) is 18.2 Å². The van der Waals surface area contributed by atoms with E-state index in [9.17, 15) is 0 Å². The van der Waals surface area contributed by atoms with Crippen molar-refractivity contribution in [1.29, 1.82) is 0 Å². The van der Waals surface area contributed by atoms with Crippen LogP contribution >= 0.6 is 11.3 Å². The second kappa shape index (κ2) is 7.69. The van der Waals surface area contributed by atoms with Crippen LogP contribution in [-0.4, -0.2) is 24.5 Å². The lowest BCUT2D eigenvalue weighted by molar-refractivity contribution is 0.247. The largest absolute Gasteiger partial charge is 0.399 e. The summed E-state index contributed by atoms with van der Waals surface area (Å²) in [4.78, 5) is 3.65. The van der Waals surface area contributed by atoms with Gasteiger partial charge in [0.25, 0.3) is 0 Å². The van der Waals surface area contributed by atoms with Gasteiger partial charge in [-0.3, -0.25) is 4.90 Å². The van der Waals surface area contributed by atoms with Crippen LogP contribution in [0.4, 0.5) is 5.00 Å². The van der Waals surface area contributed by atoms with Crippen LogP contribution in [0.25, 0.3) is 16.1 Å². The molecule has 0 radical (unpaired) electrons. The maximum atomic E-state index is 6.00. The van der Waals surface area contributed by atoms with Crippen molar-refractivity contribution in [2.24, 2.45) is 5.73 Å². The van der Waals surface area contributed by atoms with E-state index < -0.39 is 0 Å². The molecular weight excluding hydrogens is 314 g/mol. The van der Waals surface area contributed by atoms with Crippen LogP contribution in [0.15, 0.2) is 55.3 Å². The predicted molar refractivity (Wildman–Crippen MR) is 106 cm³/mol. The SMILES string of the molecule is C=C(CN1CCCCC1)Nc1sc(-c2ccccc2)cc1C(=C)N. The van der Waals surface area contributed by atoms with Crippen LogP contribution in [0.5, 0.6) is 0 Å². The molecule has 3 N–H and O–H groups in total. The minimum Gasteiger partial charge on any atom is -0.399 e. The first-order chi connectivity index (χ1) is 11.6. The minimum absolute atomic E-state index is 0.585. The highest BCUT2D eigenvalue weighted by atomic mass is 32.1. The Morgan fingerprint density at radius 3 is 2.50 bits per heavy atom. The van der Waals surface area contributed by atoms with Crippen molar-refractivity contribution in [2.45, 2.75) is 19.3 Å². The number of anilines is 1. The summed E-state index contributed by atoms with van der Waals surface area (Å²) in [6.45, 7) is 11.3. The zero-order valence-electron chi connectivity index (χ0n) is 14.1. The van der Waals surface area contributed by atoms with Crippen molar-refractivity contribution in [3.63, 3.8) is 0 Å². The Bertz CT molecular complexity index is 712. The topological polar surface area (TPSA) is 41.3 Å². The first-order valence-corrected chi connectivity index (χ1v) is 9.26. The molecule has 126 valence electrons. The third kappa shape index (κ3) is 4.08. The monoisotopic (exact) mass is 339 g/mol. The summed E-state index contributed by atoms with van der Waals surface area (Å²) in [7, 11) is 0. The molecule has 1 aromatic heterocycles. The molecule has 24 heavy (non-hydrogen) atoms. The third-order valence-electron chi connectivity index (χ3n) is 4.29. The molecule has 0 bridgehead atoms. The average Bonchev–Trinajstić information content (AvgIpc) is 3.00. The molecule has 1 fully saturated rings. The van der Waals surface area contributed by atoms with Crippen molar-refractivity contribution >= 4 is 22.0 Å². The van der Waals surface area contributed by atoms with Crippen LogP contribution < -0.4 is 11.1 Å². The number of nitrogens with two attached hydrogens (primary N) is 1. The summed E-state index contributed by atoms with van der Waals surface area (Å²) >= 11 is 1.70. The van der Waals surface area contributed by atoms with E-state index in [1.54, 1.807) is 11.3 Å². The average molecular weight is 340 g/mol. The molecule has 1 saturated heterocycles. The third-order valence-corrected chi connectivity index (χ3v) is 5.39. The molecule has 0 atom stereocenters. The molecule has 2 heterocycles.